The van der Waals surface area contributed by atoms with Gasteiger partial charge in [-0.25, -0.2) is 0 Å². The molecule has 0 bridgehead atoms. The van der Waals surface area contributed by atoms with Gasteiger partial charge in [0.05, 0.1) is 0 Å². The maximum absolute atomic E-state index is 2.48. The van der Waals surface area contributed by atoms with E-state index in [9.17, 15) is 0 Å². The van der Waals surface area contributed by atoms with Crippen LogP contribution in [0.2, 0.25) is 58.9 Å². The van der Waals surface area contributed by atoms with Crippen LogP contribution in [0.1, 0.15) is 105 Å². The fraction of sp³-hybridized carbons (Fsp3) is 0.643. The normalized spacial score (nSPS) is 14.6. The molecule has 3 aliphatic rings. The van der Waals surface area contributed by atoms with Gasteiger partial charge in [0.25, 0.3) is 0 Å². The average molecular weight is 908 g/mol. The maximum atomic E-state index is 2.48. The molecule has 6 rings (SSSR count). The fourth-order valence-corrected chi connectivity index (χ4v) is 13.0. The summed E-state index contributed by atoms with van der Waals surface area (Å²) in [7, 11) is -2.83. The summed E-state index contributed by atoms with van der Waals surface area (Å²) in [6.45, 7) is 29.2. The molecule has 0 radical (unpaired) electrons. The van der Waals surface area contributed by atoms with Crippen LogP contribution >= 0.6 is 0 Å². The Bertz CT molecular complexity index is 1260. The predicted molar refractivity (Wildman–Crippen MR) is 211 cm³/mol. The van der Waals surface area contributed by atoms with Crippen molar-refractivity contribution >= 4 is 24.2 Å². The Hall–Kier alpha value is 1.71. The summed E-state index contributed by atoms with van der Waals surface area (Å²) >= 11 is 0. The summed E-state index contributed by atoms with van der Waals surface area (Å²) < 4.78 is 0. The number of aryl methyl sites for hydroxylation is 3. The summed E-state index contributed by atoms with van der Waals surface area (Å²) in [4.78, 5) is 0. The fourth-order valence-electron chi connectivity index (χ4n) is 8.58. The molecule has 9 heteroatoms. The first-order chi connectivity index (χ1) is 20.9. The van der Waals surface area contributed by atoms with Crippen LogP contribution in [0, 0.1) is 20.8 Å². The Labute approximate surface area is 382 Å². The standard InChI is InChI=1S/3C14H23Si.3ClH.3Ti/c3*1-11-9-12(10-15(2,3)4)14-8-6-5-7-13(11)14;;;;;;/h3*9H,5-8,10H2,1-4H3;3*1H;;;/q3*-1;;;;3*+2/p-3. The van der Waals surface area contributed by atoms with Gasteiger partial charge in [0, 0.05) is 24.2 Å². The molecule has 0 unspecified atom stereocenters. The van der Waals surface area contributed by atoms with Crippen molar-refractivity contribution in [3.05, 3.63) is 85.0 Å². The molecule has 0 fully saturated rings. The molecule has 0 aliphatic heterocycles. The van der Waals surface area contributed by atoms with Gasteiger partial charge in [0.2, 0.25) is 0 Å². The Morgan fingerprint density at radius 1 is 0.392 bits per heavy atom. The molecular weight excluding hydrogens is 839 g/mol. The number of halogens is 3. The molecule has 3 aromatic rings. The van der Waals surface area contributed by atoms with Gasteiger partial charge in [-0.2, -0.15) is 85.0 Å². The van der Waals surface area contributed by atoms with Gasteiger partial charge < -0.3 is 37.2 Å². The molecule has 0 nitrogen and oxygen atoms in total. The van der Waals surface area contributed by atoms with Gasteiger partial charge in [-0.3, -0.25) is 0 Å². The van der Waals surface area contributed by atoms with Gasteiger partial charge in [0.1, 0.15) is 0 Å². The van der Waals surface area contributed by atoms with Gasteiger partial charge in [0.15, 0.2) is 0 Å². The monoisotopic (exact) mass is 906 g/mol. The van der Waals surface area contributed by atoms with Crippen molar-refractivity contribution in [2.45, 2.75) is 175 Å². The zero-order valence-corrected chi connectivity index (χ0v) is 44.4. The average Bonchev–Trinajstić information content (AvgIpc) is 3.53. The Kier molecular flexibility index (Phi) is 27.4. The number of hydrogen-bond acceptors (Lipinski definition) is 0. The van der Waals surface area contributed by atoms with E-state index in [1.54, 1.807) is 66.8 Å². The van der Waals surface area contributed by atoms with Crippen LogP contribution in [0.4, 0.5) is 0 Å². The van der Waals surface area contributed by atoms with Crippen LogP contribution in [0.15, 0.2) is 18.2 Å². The molecular formula is C42H69Cl3Si3Ti3. The van der Waals surface area contributed by atoms with E-state index in [1.807, 2.05) is 0 Å². The molecule has 0 heterocycles. The molecule has 51 heavy (non-hydrogen) atoms. The number of fused-ring (bicyclic) bond motifs is 3. The zero-order valence-electron chi connectivity index (χ0n) is 34.5. The van der Waals surface area contributed by atoms with E-state index in [2.05, 4.69) is 97.9 Å². The molecule has 0 N–H and O–H groups in total. The first kappa shape index (κ1) is 57.0. The predicted octanol–water partition coefficient (Wildman–Crippen LogP) is 3.04. The van der Waals surface area contributed by atoms with Crippen molar-refractivity contribution in [1.29, 1.82) is 0 Å². The van der Waals surface area contributed by atoms with E-state index in [0.29, 0.717) is 0 Å². The van der Waals surface area contributed by atoms with E-state index >= 15 is 0 Å². The van der Waals surface area contributed by atoms with Crippen molar-refractivity contribution in [3.63, 3.8) is 0 Å². The largest absolute Gasteiger partial charge is 2.00 e. The molecule has 0 amide bonds. The van der Waals surface area contributed by atoms with Crippen molar-refractivity contribution in [2.24, 2.45) is 0 Å². The van der Waals surface area contributed by atoms with Crippen LogP contribution < -0.4 is 37.2 Å². The summed E-state index contributed by atoms with van der Waals surface area (Å²) in [5, 5.41) is 0. The van der Waals surface area contributed by atoms with E-state index < -0.39 is 24.2 Å². The van der Waals surface area contributed by atoms with Crippen molar-refractivity contribution in [2.75, 3.05) is 0 Å². The van der Waals surface area contributed by atoms with Crippen LogP contribution in [0.3, 0.4) is 0 Å². The Balaban J connectivity index is -0.000000640. The molecule has 3 aromatic carbocycles. The van der Waals surface area contributed by atoms with Crippen molar-refractivity contribution in [1.82, 2.24) is 0 Å². The van der Waals surface area contributed by atoms with Crippen LogP contribution in [-0.4, -0.2) is 24.2 Å². The van der Waals surface area contributed by atoms with Crippen molar-refractivity contribution < 1.29 is 102 Å². The molecule has 0 saturated heterocycles. The quantitative estimate of drug-likeness (QED) is 0.264. The minimum absolute atomic E-state index is 0. The molecule has 0 spiro atoms. The second kappa shape index (κ2) is 24.5. The number of rotatable bonds is 6. The Morgan fingerprint density at radius 3 is 0.784 bits per heavy atom. The summed E-state index contributed by atoms with van der Waals surface area (Å²) in [6, 6.07) is 11.6. The molecule has 0 aromatic heterocycles. The first-order valence-corrected chi connectivity index (χ1v) is 29.8. The van der Waals surface area contributed by atoms with E-state index in [1.165, 1.54) is 95.2 Å². The first-order valence-electron chi connectivity index (χ1n) is 18.7. The van der Waals surface area contributed by atoms with Gasteiger partial charge in [-0.05, 0) is 0 Å². The van der Waals surface area contributed by atoms with Crippen molar-refractivity contribution in [3.8, 4) is 0 Å². The molecule has 3 aliphatic carbocycles. The van der Waals surface area contributed by atoms with E-state index in [-0.39, 0.29) is 102 Å². The zero-order chi connectivity index (χ0) is 33.2. The van der Waals surface area contributed by atoms with Crippen LogP contribution in [0.5, 0.6) is 0 Å². The molecule has 0 atom stereocenters. The SMILES string of the molecule is Cc1c[c-](C[Si](C)(C)C)c2c1CCCC2.Cc1c[c-](C[Si](C)(C)C)c2c1CCCC2.Cc1c[c-](C[Si](C)(C)C)c2c1CCCC2.[Cl-].[Cl-].[Cl-].[Ti+2].[Ti+2].[Ti+2]. The molecule has 0 saturated carbocycles. The Morgan fingerprint density at radius 2 is 0.588 bits per heavy atom. The van der Waals surface area contributed by atoms with Gasteiger partial charge in [-0.15, -0.1) is 0 Å². The van der Waals surface area contributed by atoms with Gasteiger partial charge in [-0.1, -0.05) is 175 Å². The maximum Gasteiger partial charge on any atom is 2.00 e. The van der Waals surface area contributed by atoms with E-state index in [4.69, 9.17) is 0 Å². The molecule has 282 valence electrons. The second-order valence-corrected chi connectivity index (χ2v) is 35.2. The number of hydrogen-bond donors (Lipinski definition) is 0. The third-order valence-electron chi connectivity index (χ3n) is 10.3. The minimum atomic E-state index is -0.944. The third kappa shape index (κ3) is 17.4. The summed E-state index contributed by atoms with van der Waals surface area (Å²) in [5.41, 5.74) is 20.1. The van der Waals surface area contributed by atoms with Gasteiger partial charge >= 0.3 is 65.2 Å². The van der Waals surface area contributed by atoms with Crippen LogP contribution in [0.25, 0.3) is 0 Å². The summed E-state index contributed by atoms with van der Waals surface area (Å²) in [5.74, 6) is 0. The topological polar surface area (TPSA) is 0 Å². The third-order valence-corrected chi connectivity index (χ3v) is 14.7. The summed E-state index contributed by atoms with van der Waals surface area (Å²) in [6.07, 6.45) is 16.5. The second-order valence-electron chi connectivity index (χ2n) is 18.8. The smallest absolute Gasteiger partial charge is 1.00 e. The van der Waals surface area contributed by atoms with E-state index in [0.717, 1.165) is 0 Å². The minimum Gasteiger partial charge on any atom is -1.00 e. The van der Waals surface area contributed by atoms with Crippen LogP contribution in [-0.2, 0) is 122 Å².